The summed E-state index contributed by atoms with van der Waals surface area (Å²) in [6.45, 7) is 4.19. The van der Waals surface area contributed by atoms with Crippen LogP contribution in [0.2, 0.25) is 0 Å². The van der Waals surface area contributed by atoms with Gasteiger partial charge >= 0.3 is 0 Å². The number of hydrogen-bond acceptors (Lipinski definition) is 4. The van der Waals surface area contributed by atoms with E-state index in [1.54, 1.807) is 11.8 Å². The molecule has 0 radical (unpaired) electrons. The highest BCUT2D eigenvalue weighted by Gasteiger charge is 2.09. The average Bonchev–Trinajstić information content (AvgIpc) is 2.47. The van der Waals surface area contributed by atoms with Crippen molar-refractivity contribution in [2.75, 3.05) is 12.4 Å². The fraction of sp³-hybridized carbons (Fsp3) is 0.333. The Morgan fingerprint density at radius 2 is 2.00 bits per heavy atom. The van der Waals surface area contributed by atoms with Crippen molar-refractivity contribution < 1.29 is 0 Å². The minimum Gasteiger partial charge on any atom is -0.373 e. The van der Waals surface area contributed by atoms with Gasteiger partial charge in [-0.1, -0.05) is 19.1 Å². The molecule has 20 heavy (non-hydrogen) atoms. The molecule has 0 saturated heterocycles. The van der Waals surface area contributed by atoms with E-state index in [9.17, 15) is 0 Å². The van der Waals surface area contributed by atoms with Crippen LogP contribution in [-0.4, -0.2) is 17.0 Å². The third-order valence-electron chi connectivity index (χ3n) is 3.06. The summed E-state index contributed by atoms with van der Waals surface area (Å²) in [6, 6.07) is 8.21. The predicted octanol–water partition coefficient (Wildman–Crippen LogP) is 4.44. The molecule has 1 heterocycles. The van der Waals surface area contributed by atoms with Crippen LogP contribution in [0.1, 0.15) is 24.0 Å². The lowest BCUT2D eigenvalue weighted by Crippen LogP contribution is -2.06. The van der Waals surface area contributed by atoms with Crippen LogP contribution in [0.15, 0.2) is 33.6 Å². The van der Waals surface area contributed by atoms with Gasteiger partial charge < -0.3 is 5.32 Å². The summed E-state index contributed by atoms with van der Waals surface area (Å²) in [7, 11) is 1.90. The van der Waals surface area contributed by atoms with Gasteiger partial charge in [0, 0.05) is 27.7 Å². The van der Waals surface area contributed by atoms with Gasteiger partial charge in [-0.15, -0.1) is 11.8 Å². The molecule has 1 aromatic heterocycles. The van der Waals surface area contributed by atoms with E-state index in [1.165, 1.54) is 4.90 Å². The average molecular weight is 352 g/mol. The fourth-order valence-electron chi connectivity index (χ4n) is 1.97. The smallest absolute Gasteiger partial charge is 0.141 e. The van der Waals surface area contributed by atoms with E-state index < -0.39 is 0 Å². The maximum absolute atomic E-state index is 4.66. The van der Waals surface area contributed by atoms with Crippen LogP contribution < -0.4 is 5.32 Å². The van der Waals surface area contributed by atoms with Crippen LogP contribution in [0.5, 0.6) is 0 Å². The largest absolute Gasteiger partial charge is 0.373 e. The van der Waals surface area contributed by atoms with Crippen molar-refractivity contribution in [3.8, 4) is 0 Å². The van der Waals surface area contributed by atoms with Crippen molar-refractivity contribution in [1.29, 1.82) is 0 Å². The molecule has 0 fully saturated rings. The van der Waals surface area contributed by atoms with E-state index in [0.717, 1.165) is 39.5 Å². The first-order valence-electron chi connectivity index (χ1n) is 6.57. The predicted molar refractivity (Wildman–Crippen MR) is 89.4 cm³/mol. The summed E-state index contributed by atoms with van der Waals surface area (Å²) in [4.78, 5) is 10.5. The van der Waals surface area contributed by atoms with Gasteiger partial charge in [0.05, 0.1) is 5.75 Å². The Morgan fingerprint density at radius 1 is 1.25 bits per heavy atom. The van der Waals surface area contributed by atoms with Crippen LogP contribution in [0.3, 0.4) is 0 Å². The summed E-state index contributed by atoms with van der Waals surface area (Å²) in [5.41, 5.74) is 2.26. The molecule has 1 N–H and O–H groups in total. The number of aromatic nitrogens is 2. The third-order valence-corrected chi connectivity index (χ3v) is 5.08. The SMILES string of the molecule is CCc1nc(CSc2ccccc2Br)nc(NC)c1C. The molecule has 5 heteroatoms. The molecule has 0 aliphatic heterocycles. The number of nitrogens with zero attached hydrogens (tertiary/aromatic N) is 2. The number of halogens is 1. The van der Waals surface area contributed by atoms with Gasteiger partial charge in [-0.3, -0.25) is 0 Å². The normalized spacial score (nSPS) is 10.6. The van der Waals surface area contributed by atoms with Crippen LogP contribution in [0, 0.1) is 6.92 Å². The second kappa shape index (κ2) is 7.09. The second-order valence-electron chi connectivity index (χ2n) is 4.38. The number of thioether (sulfide) groups is 1. The standard InChI is InChI=1S/C15H18BrN3S/c1-4-12-10(2)15(17-3)19-14(18-12)9-20-13-8-6-5-7-11(13)16/h5-8H,4,9H2,1-3H3,(H,17,18,19). The van der Waals surface area contributed by atoms with E-state index in [1.807, 2.05) is 19.2 Å². The molecular weight excluding hydrogens is 334 g/mol. The monoisotopic (exact) mass is 351 g/mol. The van der Waals surface area contributed by atoms with Gasteiger partial charge in [-0.25, -0.2) is 9.97 Å². The first kappa shape index (κ1) is 15.3. The Balaban J connectivity index is 2.19. The molecule has 0 aliphatic rings. The lowest BCUT2D eigenvalue weighted by Gasteiger charge is -2.11. The Kier molecular flexibility index (Phi) is 5.43. The van der Waals surface area contributed by atoms with Crippen molar-refractivity contribution in [3.05, 3.63) is 45.8 Å². The summed E-state index contributed by atoms with van der Waals surface area (Å²) in [6.07, 6.45) is 0.926. The number of aryl methyl sites for hydroxylation is 1. The number of hydrogen-bond donors (Lipinski definition) is 1. The van der Waals surface area contributed by atoms with Crippen molar-refractivity contribution in [1.82, 2.24) is 9.97 Å². The van der Waals surface area contributed by atoms with Gasteiger partial charge in [0.15, 0.2) is 0 Å². The van der Waals surface area contributed by atoms with Crippen LogP contribution in [0.4, 0.5) is 5.82 Å². The first-order chi connectivity index (χ1) is 9.65. The molecule has 0 saturated carbocycles. The van der Waals surface area contributed by atoms with Gasteiger partial charge in [0.1, 0.15) is 11.6 Å². The topological polar surface area (TPSA) is 37.8 Å². The number of rotatable bonds is 5. The van der Waals surface area contributed by atoms with Gasteiger partial charge in [-0.2, -0.15) is 0 Å². The van der Waals surface area contributed by atoms with Crippen molar-refractivity contribution in [3.63, 3.8) is 0 Å². The van der Waals surface area contributed by atoms with Gasteiger partial charge in [-0.05, 0) is 41.4 Å². The molecule has 3 nitrogen and oxygen atoms in total. The molecule has 0 aliphatic carbocycles. The Morgan fingerprint density at radius 3 is 2.65 bits per heavy atom. The zero-order valence-electron chi connectivity index (χ0n) is 11.9. The quantitative estimate of drug-likeness (QED) is 0.807. The second-order valence-corrected chi connectivity index (χ2v) is 6.25. The highest BCUT2D eigenvalue weighted by Crippen LogP contribution is 2.29. The fourth-order valence-corrected chi connectivity index (χ4v) is 3.39. The Hall–Kier alpha value is -1.07. The summed E-state index contributed by atoms with van der Waals surface area (Å²) in [5.74, 6) is 2.57. The Bertz CT molecular complexity index is 576. The molecule has 2 rings (SSSR count). The minimum absolute atomic E-state index is 0.768. The maximum Gasteiger partial charge on any atom is 0.141 e. The van der Waals surface area contributed by atoms with Crippen LogP contribution in [0.25, 0.3) is 0 Å². The number of anilines is 1. The molecule has 2 aromatic rings. The van der Waals surface area contributed by atoms with Crippen LogP contribution >= 0.6 is 27.7 Å². The summed E-state index contributed by atoms with van der Waals surface area (Å²) in [5, 5.41) is 3.15. The van der Waals surface area contributed by atoms with Crippen LogP contribution in [-0.2, 0) is 12.2 Å². The van der Waals surface area contributed by atoms with E-state index in [-0.39, 0.29) is 0 Å². The first-order valence-corrected chi connectivity index (χ1v) is 8.35. The van der Waals surface area contributed by atoms with Crippen molar-refractivity contribution in [2.45, 2.75) is 30.9 Å². The van der Waals surface area contributed by atoms with Crippen molar-refractivity contribution in [2.24, 2.45) is 0 Å². The molecule has 0 amide bonds. The highest BCUT2D eigenvalue weighted by atomic mass is 79.9. The molecule has 0 atom stereocenters. The summed E-state index contributed by atoms with van der Waals surface area (Å²) < 4.78 is 1.11. The van der Waals surface area contributed by atoms with E-state index >= 15 is 0 Å². The molecule has 0 spiro atoms. The highest BCUT2D eigenvalue weighted by molar-refractivity contribution is 9.10. The zero-order valence-corrected chi connectivity index (χ0v) is 14.3. The van der Waals surface area contributed by atoms with E-state index in [2.05, 4.69) is 57.2 Å². The molecule has 106 valence electrons. The van der Waals surface area contributed by atoms with Gasteiger partial charge in [0.2, 0.25) is 0 Å². The lowest BCUT2D eigenvalue weighted by molar-refractivity contribution is 0.920. The maximum atomic E-state index is 4.66. The zero-order chi connectivity index (χ0) is 14.5. The third kappa shape index (κ3) is 3.52. The van der Waals surface area contributed by atoms with Crippen molar-refractivity contribution >= 4 is 33.5 Å². The van der Waals surface area contributed by atoms with E-state index in [0.29, 0.717) is 0 Å². The molecule has 0 unspecified atom stereocenters. The number of nitrogens with one attached hydrogen (secondary N) is 1. The summed E-state index contributed by atoms with van der Waals surface area (Å²) >= 11 is 5.31. The molecular formula is C15H18BrN3S. The minimum atomic E-state index is 0.768. The Labute approximate surface area is 132 Å². The molecule has 1 aromatic carbocycles. The lowest BCUT2D eigenvalue weighted by atomic mass is 10.2. The molecule has 0 bridgehead atoms. The van der Waals surface area contributed by atoms with E-state index in [4.69, 9.17) is 0 Å². The number of benzene rings is 1. The van der Waals surface area contributed by atoms with Gasteiger partial charge in [0.25, 0.3) is 0 Å².